The van der Waals surface area contributed by atoms with Crippen LogP contribution in [0.25, 0.3) is 0 Å². The highest BCUT2D eigenvalue weighted by Gasteiger charge is 2.25. The van der Waals surface area contributed by atoms with E-state index >= 15 is 0 Å². The van der Waals surface area contributed by atoms with E-state index in [4.69, 9.17) is 4.74 Å². The highest BCUT2D eigenvalue weighted by molar-refractivity contribution is 7.91. The SMILES string of the molecule is CCOC(=O)c1csc(S(=O)(=O)NC2CCCCC2)n1. The second kappa shape index (κ2) is 6.64. The van der Waals surface area contributed by atoms with Gasteiger partial charge < -0.3 is 4.74 Å². The van der Waals surface area contributed by atoms with Crippen molar-refractivity contribution >= 4 is 27.3 Å². The molecule has 0 spiro atoms. The molecule has 20 heavy (non-hydrogen) atoms. The van der Waals surface area contributed by atoms with E-state index in [2.05, 4.69) is 9.71 Å². The van der Waals surface area contributed by atoms with Crippen molar-refractivity contribution < 1.29 is 17.9 Å². The van der Waals surface area contributed by atoms with Crippen LogP contribution in [0, 0.1) is 0 Å². The molecule has 1 aliphatic rings. The molecule has 0 saturated heterocycles. The Kier molecular flexibility index (Phi) is 5.11. The number of esters is 1. The molecule has 1 N–H and O–H groups in total. The fourth-order valence-electron chi connectivity index (χ4n) is 2.17. The summed E-state index contributed by atoms with van der Waals surface area (Å²) in [5.74, 6) is -0.595. The molecule has 8 heteroatoms. The number of sulfonamides is 1. The van der Waals surface area contributed by atoms with E-state index in [9.17, 15) is 13.2 Å². The molecule has 1 aliphatic carbocycles. The molecule has 0 aliphatic heterocycles. The number of hydrogen-bond acceptors (Lipinski definition) is 6. The molecule has 0 amide bonds. The lowest BCUT2D eigenvalue weighted by atomic mass is 9.96. The van der Waals surface area contributed by atoms with Gasteiger partial charge in [0.15, 0.2) is 5.69 Å². The van der Waals surface area contributed by atoms with Gasteiger partial charge in [0, 0.05) is 11.4 Å². The van der Waals surface area contributed by atoms with Crippen LogP contribution in [-0.4, -0.2) is 32.0 Å². The van der Waals surface area contributed by atoms with Crippen molar-refractivity contribution in [3.63, 3.8) is 0 Å². The second-order valence-electron chi connectivity index (χ2n) is 4.68. The maximum Gasteiger partial charge on any atom is 0.357 e. The Bertz CT molecular complexity index is 562. The number of hydrogen-bond donors (Lipinski definition) is 1. The van der Waals surface area contributed by atoms with E-state index in [-0.39, 0.29) is 22.7 Å². The fourth-order valence-corrected chi connectivity index (χ4v) is 4.47. The van der Waals surface area contributed by atoms with Crippen LogP contribution in [0.4, 0.5) is 0 Å². The molecule has 0 atom stereocenters. The summed E-state index contributed by atoms with van der Waals surface area (Å²) in [6.45, 7) is 1.92. The van der Waals surface area contributed by atoms with Crippen molar-refractivity contribution in [2.24, 2.45) is 0 Å². The third-order valence-corrected chi connectivity index (χ3v) is 5.90. The van der Waals surface area contributed by atoms with Gasteiger partial charge in [0.1, 0.15) is 0 Å². The number of carbonyl (C=O) groups excluding carboxylic acids is 1. The summed E-state index contributed by atoms with van der Waals surface area (Å²) in [5.41, 5.74) is 0.0425. The minimum atomic E-state index is -3.64. The number of rotatable bonds is 5. The average Bonchev–Trinajstić information content (AvgIpc) is 2.90. The first kappa shape index (κ1) is 15.4. The van der Waals surface area contributed by atoms with Crippen molar-refractivity contribution in [1.29, 1.82) is 0 Å². The Morgan fingerprint density at radius 1 is 1.45 bits per heavy atom. The smallest absolute Gasteiger partial charge is 0.357 e. The van der Waals surface area contributed by atoms with E-state index in [0.29, 0.717) is 0 Å². The van der Waals surface area contributed by atoms with Crippen molar-refractivity contribution in [1.82, 2.24) is 9.71 Å². The summed E-state index contributed by atoms with van der Waals surface area (Å²) in [7, 11) is -3.64. The van der Waals surface area contributed by atoms with Gasteiger partial charge in [-0.25, -0.2) is 22.9 Å². The Morgan fingerprint density at radius 3 is 2.80 bits per heavy atom. The first-order valence-corrected chi connectivity index (χ1v) is 9.04. The van der Waals surface area contributed by atoms with Crippen LogP contribution in [0.2, 0.25) is 0 Å². The Balaban J connectivity index is 2.07. The van der Waals surface area contributed by atoms with Gasteiger partial charge in [0.05, 0.1) is 6.61 Å². The Labute approximate surface area is 122 Å². The molecule has 1 fully saturated rings. The number of thiazole rings is 1. The second-order valence-corrected chi connectivity index (χ2v) is 7.42. The van der Waals surface area contributed by atoms with Crippen molar-refractivity contribution in [2.45, 2.75) is 49.4 Å². The zero-order valence-electron chi connectivity index (χ0n) is 11.3. The van der Waals surface area contributed by atoms with Crippen molar-refractivity contribution in [3.05, 3.63) is 11.1 Å². The summed E-state index contributed by atoms with van der Waals surface area (Å²) in [6, 6.07) is -0.0244. The minimum Gasteiger partial charge on any atom is -0.461 e. The van der Waals surface area contributed by atoms with Gasteiger partial charge in [-0.2, -0.15) is 0 Å². The van der Waals surface area contributed by atoms with Crippen LogP contribution in [-0.2, 0) is 14.8 Å². The Morgan fingerprint density at radius 2 is 2.15 bits per heavy atom. The first-order chi connectivity index (χ1) is 9.53. The lowest BCUT2D eigenvalue weighted by molar-refractivity contribution is 0.0520. The van der Waals surface area contributed by atoms with E-state index < -0.39 is 16.0 Å². The van der Waals surface area contributed by atoms with Crippen LogP contribution in [0.15, 0.2) is 9.72 Å². The van der Waals surface area contributed by atoms with E-state index in [1.54, 1.807) is 6.92 Å². The first-order valence-electron chi connectivity index (χ1n) is 6.68. The van der Waals surface area contributed by atoms with Crippen LogP contribution in [0.1, 0.15) is 49.5 Å². The van der Waals surface area contributed by atoms with Gasteiger partial charge in [-0.15, -0.1) is 11.3 Å². The van der Waals surface area contributed by atoms with Crippen LogP contribution in [0.5, 0.6) is 0 Å². The molecule has 1 aromatic rings. The number of nitrogens with zero attached hydrogens (tertiary/aromatic N) is 1. The summed E-state index contributed by atoms with van der Waals surface area (Å²) < 4.78 is 31.7. The quantitative estimate of drug-likeness (QED) is 0.838. The minimum absolute atomic E-state index is 0.0244. The predicted octanol–water partition coefficient (Wildman–Crippen LogP) is 1.93. The van der Waals surface area contributed by atoms with Crippen LogP contribution in [0.3, 0.4) is 0 Å². The van der Waals surface area contributed by atoms with Crippen LogP contribution < -0.4 is 4.72 Å². The third-order valence-electron chi connectivity index (χ3n) is 3.12. The number of ether oxygens (including phenoxy) is 1. The summed E-state index contributed by atoms with van der Waals surface area (Å²) in [4.78, 5) is 15.3. The maximum absolute atomic E-state index is 12.2. The molecule has 2 rings (SSSR count). The van der Waals surface area contributed by atoms with Crippen molar-refractivity contribution in [3.8, 4) is 0 Å². The highest BCUT2D eigenvalue weighted by Crippen LogP contribution is 2.21. The monoisotopic (exact) mass is 318 g/mol. The topological polar surface area (TPSA) is 85.4 Å². The van der Waals surface area contributed by atoms with Gasteiger partial charge in [-0.05, 0) is 19.8 Å². The van der Waals surface area contributed by atoms with E-state index in [1.807, 2.05) is 0 Å². The largest absolute Gasteiger partial charge is 0.461 e. The van der Waals surface area contributed by atoms with Crippen LogP contribution >= 0.6 is 11.3 Å². The molecule has 6 nitrogen and oxygen atoms in total. The molecule has 0 aromatic carbocycles. The van der Waals surface area contributed by atoms with Gasteiger partial charge >= 0.3 is 5.97 Å². The lowest BCUT2D eigenvalue weighted by Crippen LogP contribution is -2.36. The third kappa shape index (κ3) is 3.77. The van der Waals surface area contributed by atoms with E-state index in [0.717, 1.165) is 43.4 Å². The summed E-state index contributed by atoms with van der Waals surface area (Å²) in [6.07, 6.45) is 4.95. The molecule has 0 radical (unpaired) electrons. The maximum atomic E-state index is 12.2. The van der Waals surface area contributed by atoms with E-state index in [1.165, 1.54) is 5.38 Å². The zero-order chi connectivity index (χ0) is 14.6. The highest BCUT2D eigenvalue weighted by atomic mass is 32.2. The van der Waals surface area contributed by atoms with Gasteiger partial charge in [-0.3, -0.25) is 0 Å². The molecule has 0 unspecified atom stereocenters. The molecule has 0 bridgehead atoms. The van der Waals surface area contributed by atoms with Crippen molar-refractivity contribution in [2.75, 3.05) is 6.61 Å². The molecule has 1 aromatic heterocycles. The standard InChI is InChI=1S/C12H18N2O4S2/c1-2-18-11(15)10-8-19-12(13-10)20(16,17)14-9-6-4-3-5-7-9/h8-9,14H,2-7H2,1H3. The van der Waals surface area contributed by atoms with Gasteiger partial charge in [0.25, 0.3) is 10.0 Å². The molecular formula is C12H18N2O4S2. The zero-order valence-corrected chi connectivity index (χ0v) is 12.9. The summed E-state index contributed by atoms with van der Waals surface area (Å²) >= 11 is 0.937. The molecule has 1 heterocycles. The fraction of sp³-hybridized carbons (Fsp3) is 0.667. The number of nitrogens with one attached hydrogen (secondary N) is 1. The lowest BCUT2D eigenvalue weighted by Gasteiger charge is -2.21. The van der Waals surface area contributed by atoms with Gasteiger partial charge in [-0.1, -0.05) is 19.3 Å². The molecule has 1 saturated carbocycles. The number of aromatic nitrogens is 1. The molecular weight excluding hydrogens is 300 g/mol. The number of carbonyl (C=O) groups is 1. The average molecular weight is 318 g/mol. The Hall–Kier alpha value is -0.990. The normalized spacial score (nSPS) is 17.1. The summed E-state index contributed by atoms with van der Waals surface area (Å²) in [5, 5.41) is 1.41. The van der Waals surface area contributed by atoms with Gasteiger partial charge in [0.2, 0.25) is 4.34 Å². The molecule has 112 valence electrons. The predicted molar refractivity (Wildman–Crippen MR) is 75.3 cm³/mol.